The van der Waals surface area contributed by atoms with Gasteiger partial charge in [-0.15, -0.1) is 0 Å². The topological polar surface area (TPSA) is 46.6 Å². The number of likely N-dealkylation sites (tertiary alicyclic amines) is 1. The van der Waals surface area contributed by atoms with Gasteiger partial charge in [0.1, 0.15) is 12.4 Å². The quantitative estimate of drug-likeness (QED) is 0.749. The van der Waals surface area contributed by atoms with Gasteiger partial charge in [0.25, 0.3) is 0 Å². The van der Waals surface area contributed by atoms with E-state index in [0.717, 1.165) is 13.0 Å². The van der Waals surface area contributed by atoms with Crippen molar-refractivity contribution in [1.82, 2.24) is 4.90 Å². The Morgan fingerprint density at radius 2 is 2.15 bits per heavy atom. The van der Waals surface area contributed by atoms with E-state index < -0.39 is 0 Å². The highest BCUT2D eigenvalue weighted by Gasteiger charge is 2.27. The van der Waals surface area contributed by atoms with Crippen molar-refractivity contribution in [1.29, 1.82) is 0 Å². The number of rotatable bonds is 6. The monoisotopic (exact) mass is 275 g/mol. The summed E-state index contributed by atoms with van der Waals surface area (Å²) in [5.41, 5.74) is 0.590. The van der Waals surface area contributed by atoms with Gasteiger partial charge in [-0.2, -0.15) is 0 Å². The van der Waals surface area contributed by atoms with Crippen molar-refractivity contribution in [3.63, 3.8) is 0 Å². The summed E-state index contributed by atoms with van der Waals surface area (Å²) in [7, 11) is 0. The van der Waals surface area contributed by atoms with Gasteiger partial charge in [-0.3, -0.25) is 9.59 Å². The molecule has 0 spiro atoms. The summed E-state index contributed by atoms with van der Waals surface area (Å²) in [5, 5.41) is 0. The molecule has 0 N–H and O–H groups in total. The summed E-state index contributed by atoms with van der Waals surface area (Å²) in [4.78, 5) is 25.1. The molecule has 0 radical (unpaired) electrons. The van der Waals surface area contributed by atoms with E-state index in [4.69, 9.17) is 4.74 Å². The van der Waals surface area contributed by atoms with Crippen molar-refractivity contribution in [2.24, 2.45) is 5.92 Å². The average molecular weight is 275 g/mol. The summed E-state index contributed by atoms with van der Waals surface area (Å²) in [5.74, 6) is 1.27. The van der Waals surface area contributed by atoms with E-state index in [0.29, 0.717) is 36.8 Å². The minimum absolute atomic E-state index is 0.0103. The molecule has 4 heteroatoms. The lowest BCUT2D eigenvalue weighted by Gasteiger charge is -2.17. The summed E-state index contributed by atoms with van der Waals surface area (Å²) < 4.78 is 5.66. The van der Waals surface area contributed by atoms with Crippen LogP contribution in [0.5, 0.6) is 5.75 Å². The highest BCUT2D eigenvalue weighted by atomic mass is 16.5. The van der Waals surface area contributed by atoms with Crippen LogP contribution in [0.3, 0.4) is 0 Å². The van der Waals surface area contributed by atoms with Crippen LogP contribution in [-0.4, -0.2) is 36.3 Å². The molecule has 1 aliphatic rings. The minimum atomic E-state index is -0.0103. The second-order valence-electron chi connectivity index (χ2n) is 5.22. The van der Waals surface area contributed by atoms with Gasteiger partial charge in [-0.25, -0.2) is 0 Å². The Labute approximate surface area is 119 Å². The van der Waals surface area contributed by atoms with E-state index in [1.165, 1.54) is 6.92 Å². The molecular formula is C16H21NO3. The molecule has 0 saturated carbocycles. The van der Waals surface area contributed by atoms with Gasteiger partial charge in [0.05, 0.1) is 12.1 Å². The number of carbonyl (C=O) groups excluding carboxylic acids is 2. The highest BCUT2D eigenvalue weighted by Crippen LogP contribution is 2.21. The number of benzene rings is 1. The second kappa shape index (κ2) is 6.55. The Morgan fingerprint density at radius 1 is 1.40 bits per heavy atom. The number of ether oxygens (including phenoxy) is 1. The number of nitrogens with zero attached hydrogens (tertiary/aromatic N) is 1. The Hall–Kier alpha value is -1.84. The predicted molar refractivity (Wildman–Crippen MR) is 76.9 cm³/mol. The van der Waals surface area contributed by atoms with E-state index in [1.54, 1.807) is 12.1 Å². The van der Waals surface area contributed by atoms with Crippen molar-refractivity contribution >= 4 is 11.7 Å². The van der Waals surface area contributed by atoms with Gasteiger partial charge in [0.2, 0.25) is 5.91 Å². The molecule has 2 rings (SSSR count). The maximum absolute atomic E-state index is 11.8. The van der Waals surface area contributed by atoms with E-state index in [1.807, 2.05) is 17.0 Å². The zero-order valence-corrected chi connectivity index (χ0v) is 12.1. The van der Waals surface area contributed by atoms with Crippen LogP contribution in [0, 0.1) is 5.92 Å². The standard InChI is InChI=1S/C16H21NO3/c1-3-13-10-16(19)17(11-13)8-9-20-15-7-5-4-6-14(15)12(2)18/h4-7,13H,3,8-11H2,1-2H3. The molecule has 1 aliphatic heterocycles. The van der Waals surface area contributed by atoms with Crippen LogP contribution in [0.4, 0.5) is 0 Å². The first kappa shape index (κ1) is 14.6. The van der Waals surface area contributed by atoms with Gasteiger partial charge in [0.15, 0.2) is 5.78 Å². The lowest BCUT2D eigenvalue weighted by molar-refractivity contribution is -0.128. The molecule has 0 aliphatic carbocycles. The van der Waals surface area contributed by atoms with Gasteiger partial charge in [-0.05, 0) is 25.0 Å². The lowest BCUT2D eigenvalue weighted by atomic mass is 10.1. The molecule has 1 atom stereocenters. The number of ketones is 1. The van der Waals surface area contributed by atoms with Crippen LogP contribution in [-0.2, 0) is 4.79 Å². The van der Waals surface area contributed by atoms with Gasteiger partial charge in [-0.1, -0.05) is 25.5 Å². The zero-order chi connectivity index (χ0) is 14.5. The Bertz CT molecular complexity index is 498. The number of amides is 1. The molecule has 0 bridgehead atoms. The summed E-state index contributed by atoms with van der Waals surface area (Å²) in [6.45, 7) is 5.47. The SMILES string of the molecule is CCC1CC(=O)N(CCOc2ccccc2C(C)=O)C1. The molecule has 1 aromatic carbocycles. The number of hydrogen-bond acceptors (Lipinski definition) is 3. The number of Topliss-reactive ketones (excluding diaryl/α,β-unsaturated/α-hetero) is 1. The third kappa shape index (κ3) is 3.38. The van der Waals surface area contributed by atoms with Crippen LogP contribution in [0.1, 0.15) is 37.0 Å². The van der Waals surface area contributed by atoms with Crippen LogP contribution in [0.25, 0.3) is 0 Å². The zero-order valence-electron chi connectivity index (χ0n) is 12.1. The average Bonchev–Trinajstić information content (AvgIpc) is 2.80. The van der Waals surface area contributed by atoms with E-state index in [2.05, 4.69) is 6.92 Å². The molecule has 1 saturated heterocycles. The Morgan fingerprint density at radius 3 is 2.80 bits per heavy atom. The predicted octanol–water partition coefficient (Wildman–Crippen LogP) is 2.53. The van der Waals surface area contributed by atoms with E-state index >= 15 is 0 Å². The van der Waals surface area contributed by atoms with Crippen molar-refractivity contribution < 1.29 is 14.3 Å². The Kier molecular flexibility index (Phi) is 4.77. The first-order chi connectivity index (χ1) is 9.61. The summed E-state index contributed by atoms with van der Waals surface area (Å²) >= 11 is 0. The van der Waals surface area contributed by atoms with Crippen molar-refractivity contribution in [2.75, 3.05) is 19.7 Å². The maximum atomic E-state index is 11.8. The third-order valence-corrected chi connectivity index (χ3v) is 3.76. The highest BCUT2D eigenvalue weighted by molar-refractivity contribution is 5.96. The molecule has 20 heavy (non-hydrogen) atoms. The summed E-state index contributed by atoms with van der Waals surface area (Å²) in [6, 6.07) is 7.21. The molecule has 1 unspecified atom stereocenters. The largest absolute Gasteiger partial charge is 0.491 e. The smallest absolute Gasteiger partial charge is 0.223 e. The van der Waals surface area contributed by atoms with E-state index in [-0.39, 0.29) is 11.7 Å². The second-order valence-corrected chi connectivity index (χ2v) is 5.22. The molecule has 108 valence electrons. The molecule has 1 aromatic rings. The summed E-state index contributed by atoms with van der Waals surface area (Å²) in [6.07, 6.45) is 1.69. The Balaban J connectivity index is 1.88. The fourth-order valence-electron chi connectivity index (χ4n) is 2.49. The molecule has 1 fully saturated rings. The first-order valence-electron chi connectivity index (χ1n) is 7.12. The van der Waals surface area contributed by atoms with Crippen LogP contribution in [0.15, 0.2) is 24.3 Å². The third-order valence-electron chi connectivity index (χ3n) is 3.76. The van der Waals surface area contributed by atoms with Crippen LogP contribution in [0.2, 0.25) is 0 Å². The molecule has 1 heterocycles. The van der Waals surface area contributed by atoms with Crippen molar-refractivity contribution in [3.8, 4) is 5.75 Å². The fraction of sp³-hybridized carbons (Fsp3) is 0.500. The fourth-order valence-corrected chi connectivity index (χ4v) is 2.49. The van der Waals surface area contributed by atoms with Gasteiger partial charge in [0, 0.05) is 13.0 Å². The van der Waals surface area contributed by atoms with Crippen molar-refractivity contribution in [2.45, 2.75) is 26.7 Å². The normalized spacial score (nSPS) is 18.4. The van der Waals surface area contributed by atoms with Gasteiger partial charge >= 0.3 is 0 Å². The van der Waals surface area contributed by atoms with Crippen molar-refractivity contribution in [3.05, 3.63) is 29.8 Å². The van der Waals surface area contributed by atoms with Crippen LogP contribution >= 0.6 is 0 Å². The molecule has 4 nitrogen and oxygen atoms in total. The van der Waals surface area contributed by atoms with Crippen LogP contribution < -0.4 is 4.74 Å². The first-order valence-corrected chi connectivity index (χ1v) is 7.12. The number of para-hydroxylation sites is 1. The molecular weight excluding hydrogens is 254 g/mol. The lowest BCUT2D eigenvalue weighted by Crippen LogP contribution is -2.30. The number of carbonyl (C=O) groups is 2. The number of hydrogen-bond donors (Lipinski definition) is 0. The minimum Gasteiger partial charge on any atom is -0.491 e. The maximum Gasteiger partial charge on any atom is 0.223 e. The molecule has 1 amide bonds. The van der Waals surface area contributed by atoms with E-state index in [9.17, 15) is 9.59 Å². The van der Waals surface area contributed by atoms with Gasteiger partial charge < -0.3 is 9.64 Å². The molecule has 0 aromatic heterocycles.